The lowest BCUT2D eigenvalue weighted by molar-refractivity contribution is 0.327. The van der Waals surface area contributed by atoms with Crippen LogP contribution in [0, 0.1) is 0 Å². The normalized spacial score (nSPS) is 14.0. The van der Waals surface area contributed by atoms with Crippen LogP contribution >= 0.6 is 0 Å². The van der Waals surface area contributed by atoms with E-state index in [2.05, 4.69) is 80.7 Å². The van der Waals surface area contributed by atoms with Crippen molar-refractivity contribution in [2.24, 2.45) is 0 Å². The van der Waals surface area contributed by atoms with E-state index in [9.17, 15) is 0 Å². The first kappa shape index (κ1) is 23.1. The van der Waals surface area contributed by atoms with Gasteiger partial charge >= 0.3 is 0 Å². The number of hydrogen-bond donors (Lipinski definition) is 1. The lowest BCUT2D eigenvalue weighted by atomic mass is 10.2. The van der Waals surface area contributed by atoms with E-state index in [0.29, 0.717) is 0 Å². The molecule has 0 spiro atoms. The van der Waals surface area contributed by atoms with E-state index in [1.807, 2.05) is 12.2 Å². The van der Waals surface area contributed by atoms with Crippen LogP contribution in [0.15, 0.2) is 84.6 Å². The van der Waals surface area contributed by atoms with Gasteiger partial charge in [0.25, 0.3) is 0 Å². The van der Waals surface area contributed by atoms with Crippen molar-refractivity contribution in [3.63, 3.8) is 0 Å². The van der Waals surface area contributed by atoms with Crippen LogP contribution in [0.5, 0.6) is 0 Å². The van der Waals surface area contributed by atoms with Crippen LogP contribution in [0.4, 0.5) is 0 Å². The fraction of sp³-hybridized carbons (Fsp3) is 0.417. The molecule has 0 saturated carbocycles. The molecule has 0 aliphatic carbocycles. The average molecular weight is 341 g/mol. The molecule has 0 radical (unpaired) electrons. The molecular weight excluding hydrogens is 304 g/mol. The molecule has 0 rings (SSSR count). The van der Waals surface area contributed by atoms with E-state index in [0.717, 1.165) is 50.5 Å². The van der Waals surface area contributed by atoms with Crippen molar-refractivity contribution in [3.05, 3.63) is 84.6 Å². The molecule has 0 amide bonds. The van der Waals surface area contributed by atoms with Gasteiger partial charge in [-0.25, -0.2) is 0 Å². The Morgan fingerprint density at radius 2 is 1.00 bits per heavy atom. The van der Waals surface area contributed by atoms with E-state index in [1.54, 1.807) is 0 Å². The van der Waals surface area contributed by atoms with Crippen LogP contribution in [0.2, 0.25) is 0 Å². The van der Waals surface area contributed by atoms with Gasteiger partial charge in [0.2, 0.25) is 0 Å². The Hall–Kier alpha value is -1.86. The molecular formula is C24H36O. The third-order valence-electron chi connectivity index (χ3n) is 3.56. The number of hydrogen-bond acceptors (Lipinski definition) is 1. The van der Waals surface area contributed by atoms with Gasteiger partial charge in [-0.15, -0.1) is 0 Å². The van der Waals surface area contributed by atoms with Gasteiger partial charge in [-0.05, 0) is 50.5 Å². The topological polar surface area (TPSA) is 20.2 Å². The van der Waals surface area contributed by atoms with Gasteiger partial charge in [-0.1, -0.05) is 92.8 Å². The fourth-order valence-corrected chi connectivity index (χ4v) is 1.99. The monoisotopic (exact) mass is 340 g/mol. The van der Waals surface area contributed by atoms with Crippen molar-refractivity contribution in [2.45, 2.75) is 58.8 Å². The zero-order valence-electron chi connectivity index (χ0n) is 16.1. The second-order valence-electron chi connectivity index (χ2n) is 5.71. The molecule has 0 aromatic rings. The molecule has 0 bridgehead atoms. The lowest BCUT2D eigenvalue weighted by Crippen LogP contribution is -1.86. The summed E-state index contributed by atoms with van der Waals surface area (Å²) in [7, 11) is 0. The average Bonchev–Trinajstić information content (AvgIpc) is 2.64. The highest BCUT2D eigenvalue weighted by Gasteiger charge is 1.86. The van der Waals surface area contributed by atoms with E-state index in [-0.39, 0.29) is 6.61 Å². The Morgan fingerprint density at radius 1 is 0.600 bits per heavy atom. The van der Waals surface area contributed by atoms with Gasteiger partial charge in [-0.2, -0.15) is 0 Å². The van der Waals surface area contributed by atoms with Crippen molar-refractivity contribution in [3.8, 4) is 0 Å². The Bertz CT molecular complexity index is 478. The number of aliphatic hydroxyl groups is 1. The molecule has 0 aliphatic rings. The molecule has 25 heavy (non-hydrogen) atoms. The van der Waals surface area contributed by atoms with Crippen LogP contribution in [-0.4, -0.2) is 11.7 Å². The van der Waals surface area contributed by atoms with E-state index in [4.69, 9.17) is 5.11 Å². The Labute approximate surface area is 155 Å². The maximum absolute atomic E-state index is 9.04. The van der Waals surface area contributed by atoms with Crippen molar-refractivity contribution in [1.82, 2.24) is 0 Å². The Kier molecular flexibility index (Phi) is 18.7. The second kappa shape index (κ2) is 20.2. The minimum absolute atomic E-state index is 0.155. The van der Waals surface area contributed by atoms with Gasteiger partial charge in [0.1, 0.15) is 0 Å². The molecule has 0 unspecified atom stereocenters. The summed E-state index contributed by atoms with van der Waals surface area (Å²) in [6.07, 6.45) is 35.2. The summed E-state index contributed by atoms with van der Waals surface area (Å²) in [6, 6.07) is 0. The SMILES string of the molecule is CC/C=C\C/C=C\C/C=C\C/C=C\C/C=C\C/C=C/C=C(\CC)CO. The molecule has 0 fully saturated rings. The maximum atomic E-state index is 9.04. The van der Waals surface area contributed by atoms with Crippen LogP contribution in [-0.2, 0) is 0 Å². The van der Waals surface area contributed by atoms with Crippen LogP contribution in [0.1, 0.15) is 58.8 Å². The molecule has 0 heterocycles. The predicted molar refractivity (Wildman–Crippen MR) is 114 cm³/mol. The highest BCUT2D eigenvalue weighted by Crippen LogP contribution is 2.00. The van der Waals surface area contributed by atoms with Crippen LogP contribution < -0.4 is 0 Å². The molecule has 0 aromatic carbocycles. The molecule has 138 valence electrons. The number of aliphatic hydroxyl groups excluding tert-OH is 1. The molecule has 0 aliphatic heterocycles. The third-order valence-corrected chi connectivity index (χ3v) is 3.56. The molecule has 0 saturated heterocycles. The van der Waals surface area contributed by atoms with Gasteiger partial charge < -0.3 is 5.11 Å². The summed E-state index contributed by atoms with van der Waals surface area (Å²) in [4.78, 5) is 0. The van der Waals surface area contributed by atoms with Crippen LogP contribution in [0.3, 0.4) is 0 Å². The predicted octanol–water partition coefficient (Wildman–Crippen LogP) is 7.01. The van der Waals surface area contributed by atoms with Gasteiger partial charge in [-0.3, -0.25) is 0 Å². The van der Waals surface area contributed by atoms with E-state index < -0.39 is 0 Å². The number of allylic oxidation sites excluding steroid dienone is 13. The fourth-order valence-electron chi connectivity index (χ4n) is 1.99. The summed E-state index contributed by atoms with van der Waals surface area (Å²) < 4.78 is 0. The smallest absolute Gasteiger partial charge is 0.0644 e. The first-order valence-corrected chi connectivity index (χ1v) is 9.55. The van der Waals surface area contributed by atoms with Gasteiger partial charge in [0, 0.05) is 0 Å². The summed E-state index contributed by atoms with van der Waals surface area (Å²) in [5.41, 5.74) is 1.07. The zero-order valence-corrected chi connectivity index (χ0v) is 16.1. The van der Waals surface area contributed by atoms with Crippen molar-refractivity contribution in [2.75, 3.05) is 6.61 Å². The first-order chi connectivity index (χ1) is 12.3. The highest BCUT2D eigenvalue weighted by molar-refractivity contribution is 5.13. The lowest BCUT2D eigenvalue weighted by Gasteiger charge is -1.94. The minimum Gasteiger partial charge on any atom is -0.392 e. The standard InChI is InChI=1S/C24H36O/c1-3-5-6-7-8-9-10-11-12-13-14-15-16-17-18-19-20-21-22-24(4-2)23-25/h5-6,8-9,11-12,14-15,17-18,20-22,25H,3-4,7,10,13,16,19,23H2,1-2H3/b6-5-,9-8-,12-11-,15-14-,18-17-,21-20+,24-22+. The maximum Gasteiger partial charge on any atom is 0.0644 e. The summed E-state index contributed by atoms with van der Waals surface area (Å²) >= 11 is 0. The third kappa shape index (κ3) is 18.3. The largest absolute Gasteiger partial charge is 0.392 e. The summed E-state index contributed by atoms with van der Waals surface area (Å²) in [5, 5.41) is 9.04. The molecule has 0 aromatic heterocycles. The molecule has 1 heteroatoms. The molecule has 0 atom stereocenters. The van der Waals surface area contributed by atoms with Crippen molar-refractivity contribution >= 4 is 0 Å². The number of rotatable bonds is 14. The quantitative estimate of drug-likeness (QED) is 0.266. The van der Waals surface area contributed by atoms with Crippen molar-refractivity contribution < 1.29 is 5.11 Å². The molecule has 1 nitrogen and oxygen atoms in total. The minimum atomic E-state index is 0.155. The Morgan fingerprint density at radius 3 is 1.36 bits per heavy atom. The van der Waals surface area contributed by atoms with Crippen LogP contribution in [0.25, 0.3) is 0 Å². The summed E-state index contributed by atoms with van der Waals surface area (Å²) in [6.45, 7) is 4.37. The van der Waals surface area contributed by atoms with E-state index >= 15 is 0 Å². The summed E-state index contributed by atoms with van der Waals surface area (Å²) in [5.74, 6) is 0. The first-order valence-electron chi connectivity index (χ1n) is 9.55. The second-order valence-corrected chi connectivity index (χ2v) is 5.71. The van der Waals surface area contributed by atoms with Gasteiger partial charge in [0.15, 0.2) is 0 Å². The van der Waals surface area contributed by atoms with Crippen molar-refractivity contribution in [1.29, 1.82) is 0 Å². The van der Waals surface area contributed by atoms with Gasteiger partial charge in [0.05, 0.1) is 6.61 Å². The van der Waals surface area contributed by atoms with E-state index in [1.165, 1.54) is 0 Å². The Balaban J connectivity index is 3.65. The highest BCUT2D eigenvalue weighted by atomic mass is 16.3. The zero-order chi connectivity index (χ0) is 18.4. The molecule has 1 N–H and O–H groups in total.